The molecule has 3 rings (SSSR count). The van der Waals surface area contributed by atoms with Crippen LogP contribution in [0, 0.1) is 5.92 Å². The lowest BCUT2D eigenvalue weighted by molar-refractivity contribution is -0.123. The molecule has 0 aliphatic carbocycles. The van der Waals surface area contributed by atoms with Gasteiger partial charge in [-0.1, -0.05) is 31.5 Å². The summed E-state index contributed by atoms with van der Waals surface area (Å²) in [5.74, 6) is 1.75. The largest absolute Gasteiger partial charge is 0.396 e. The van der Waals surface area contributed by atoms with Gasteiger partial charge in [0.1, 0.15) is 5.84 Å². The minimum atomic E-state index is -0.00342. The molecule has 1 aromatic carbocycles. The van der Waals surface area contributed by atoms with Crippen molar-refractivity contribution in [1.29, 1.82) is 0 Å². The zero-order chi connectivity index (χ0) is 16.2. The van der Waals surface area contributed by atoms with Crippen LogP contribution in [0.1, 0.15) is 51.0 Å². The maximum Gasteiger partial charge on any atom is 0.155 e. The molecule has 0 radical (unpaired) electrons. The smallest absolute Gasteiger partial charge is 0.155 e. The highest BCUT2D eigenvalue weighted by Crippen LogP contribution is 2.33. The Morgan fingerprint density at radius 2 is 2.26 bits per heavy atom. The summed E-state index contributed by atoms with van der Waals surface area (Å²) in [6.45, 7) is 3.13. The number of amidine groups is 1. The van der Waals surface area contributed by atoms with Gasteiger partial charge in [0.15, 0.2) is 5.78 Å². The number of hydrogen-bond donors (Lipinski definition) is 1. The van der Waals surface area contributed by atoms with Crippen LogP contribution in [-0.2, 0) is 11.3 Å². The molecule has 1 saturated heterocycles. The summed E-state index contributed by atoms with van der Waals surface area (Å²) in [5.41, 5.74) is 2.27. The van der Waals surface area contributed by atoms with E-state index < -0.39 is 0 Å². The highest BCUT2D eigenvalue weighted by molar-refractivity contribution is 5.96. The zero-order valence-electron chi connectivity index (χ0n) is 13.9. The van der Waals surface area contributed by atoms with E-state index in [-0.39, 0.29) is 12.6 Å². The second-order valence-corrected chi connectivity index (χ2v) is 6.65. The van der Waals surface area contributed by atoms with Crippen LogP contribution < -0.4 is 0 Å². The third kappa shape index (κ3) is 3.47. The van der Waals surface area contributed by atoms with Gasteiger partial charge in [-0.2, -0.15) is 0 Å². The monoisotopic (exact) mass is 314 g/mol. The summed E-state index contributed by atoms with van der Waals surface area (Å²) in [5, 5.41) is 9.24. The van der Waals surface area contributed by atoms with E-state index in [1.807, 2.05) is 12.1 Å². The number of aliphatic hydroxyl groups excluding tert-OH is 1. The average molecular weight is 314 g/mol. The fourth-order valence-electron chi connectivity index (χ4n) is 3.63. The van der Waals surface area contributed by atoms with E-state index in [9.17, 15) is 9.90 Å². The van der Waals surface area contributed by atoms with Crippen molar-refractivity contribution in [3.63, 3.8) is 0 Å². The quantitative estimate of drug-likeness (QED) is 0.838. The van der Waals surface area contributed by atoms with E-state index in [1.54, 1.807) is 0 Å². The Morgan fingerprint density at radius 1 is 1.43 bits per heavy atom. The van der Waals surface area contributed by atoms with Gasteiger partial charge in [-0.15, -0.1) is 0 Å². The first-order valence-corrected chi connectivity index (χ1v) is 8.78. The van der Waals surface area contributed by atoms with Gasteiger partial charge >= 0.3 is 0 Å². The molecule has 1 aromatic rings. The van der Waals surface area contributed by atoms with Crippen LogP contribution in [0.15, 0.2) is 29.3 Å². The topological polar surface area (TPSA) is 52.9 Å². The lowest BCUT2D eigenvalue weighted by atomic mass is 9.97. The van der Waals surface area contributed by atoms with E-state index in [2.05, 4.69) is 24.0 Å². The van der Waals surface area contributed by atoms with Crippen molar-refractivity contribution in [2.75, 3.05) is 6.61 Å². The van der Waals surface area contributed by atoms with E-state index in [4.69, 9.17) is 4.99 Å². The minimum absolute atomic E-state index is 0.00342. The Bertz CT molecular complexity index is 593. The molecule has 0 aromatic heterocycles. The number of para-hydroxylation sites is 1. The van der Waals surface area contributed by atoms with Crippen molar-refractivity contribution in [1.82, 2.24) is 4.90 Å². The standard InChI is InChI=1S/C19H26N2O2/c1-2-14(13-22)6-5-9-18(23)17-10-11-19-20-16-8-4-3-7-15(16)12-21(17)19/h3-4,7-8,14,17,22H,2,5-6,9-13H2,1H3. The summed E-state index contributed by atoms with van der Waals surface area (Å²) in [6, 6.07) is 8.20. The first-order valence-electron chi connectivity index (χ1n) is 8.78. The molecular weight excluding hydrogens is 288 g/mol. The molecule has 4 heteroatoms. The van der Waals surface area contributed by atoms with Crippen LogP contribution in [-0.4, -0.2) is 34.3 Å². The Balaban J connectivity index is 1.59. The zero-order valence-corrected chi connectivity index (χ0v) is 13.9. The summed E-state index contributed by atoms with van der Waals surface area (Å²) in [7, 11) is 0. The van der Waals surface area contributed by atoms with Gasteiger partial charge in [0.25, 0.3) is 0 Å². The predicted octanol–water partition coefficient (Wildman–Crippen LogP) is 3.45. The number of Topliss-reactive ketones (excluding diaryl/α,β-unsaturated/α-hetero) is 1. The second-order valence-electron chi connectivity index (χ2n) is 6.65. The third-order valence-corrected chi connectivity index (χ3v) is 5.17. The second kappa shape index (κ2) is 7.26. The number of carbonyl (C=O) groups is 1. The summed E-state index contributed by atoms with van der Waals surface area (Å²) in [6.07, 6.45) is 5.21. The van der Waals surface area contributed by atoms with E-state index >= 15 is 0 Å². The molecule has 0 spiro atoms. The van der Waals surface area contributed by atoms with Gasteiger partial charge < -0.3 is 10.0 Å². The van der Waals surface area contributed by atoms with Crippen molar-refractivity contribution in [2.24, 2.45) is 10.9 Å². The van der Waals surface area contributed by atoms with Crippen LogP contribution in [0.3, 0.4) is 0 Å². The van der Waals surface area contributed by atoms with Crippen molar-refractivity contribution < 1.29 is 9.90 Å². The van der Waals surface area contributed by atoms with Gasteiger partial charge in [0.2, 0.25) is 0 Å². The van der Waals surface area contributed by atoms with Crippen LogP contribution in [0.2, 0.25) is 0 Å². The number of carbonyl (C=O) groups excluding carboxylic acids is 1. The maximum absolute atomic E-state index is 12.6. The Labute approximate surface area is 138 Å². The van der Waals surface area contributed by atoms with Crippen LogP contribution in [0.25, 0.3) is 0 Å². The predicted molar refractivity (Wildman–Crippen MR) is 91.8 cm³/mol. The third-order valence-electron chi connectivity index (χ3n) is 5.17. The molecule has 2 unspecified atom stereocenters. The molecule has 2 aliphatic rings. The van der Waals surface area contributed by atoms with Gasteiger partial charge in [-0.3, -0.25) is 4.79 Å². The van der Waals surface area contributed by atoms with Crippen LogP contribution in [0.5, 0.6) is 0 Å². The fraction of sp³-hybridized carbons (Fsp3) is 0.579. The number of fused-ring (bicyclic) bond motifs is 2. The normalized spacial score (nSPS) is 20.7. The van der Waals surface area contributed by atoms with Gasteiger partial charge in [-0.05, 0) is 36.8 Å². The summed E-state index contributed by atoms with van der Waals surface area (Å²) in [4.78, 5) is 19.5. The molecule has 1 N–H and O–H groups in total. The van der Waals surface area contributed by atoms with Crippen LogP contribution in [0.4, 0.5) is 5.69 Å². The molecule has 2 heterocycles. The van der Waals surface area contributed by atoms with Crippen molar-refractivity contribution >= 4 is 17.3 Å². The molecule has 0 saturated carbocycles. The number of nitrogens with zero attached hydrogens (tertiary/aromatic N) is 2. The number of ketones is 1. The number of rotatable bonds is 7. The lowest BCUT2D eigenvalue weighted by Crippen LogP contribution is -2.39. The lowest BCUT2D eigenvalue weighted by Gasteiger charge is -2.30. The number of benzene rings is 1. The first-order chi connectivity index (χ1) is 11.2. The first kappa shape index (κ1) is 16.2. The molecule has 2 aliphatic heterocycles. The molecular formula is C19H26N2O2. The Hall–Kier alpha value is -1.68. The number of hydrogen-bond acceptors (Lipinski definition) is 4. The highest BCUT2D eigenvalue weighted by Gasteiger charge is 2.36. The van der Waals surface area contributed by atoms with E-state index in [0.29, 0.717) is 18.1 Å². The van der Waals surface area contributed by atoms with Crippen molar-refractivity contribution in [3.05, 3.63) is 29.8 Å². The summed E-state index contributed by atoms with van der Waals surface area (Å²) >= 11 is 0. The molecule has 124 valence electrons. The van der Waals surface area contributed by atoms with Gasteiger partial charge in [-0.25, -0.2) is 4.99 Å². The summed E-state index contributed by atoms with van der Waals surface area (Å²) < 4.78 is 0. The SMILES string of the molecule is CCC(CO)CCCC(=O)C1CCC2=Nc3ccccc3CN21. The molecule has 0 amide bonds. The van der Waals surface area contributed by atoms with Crippen LogP contribution >= 0.6 is 0 Å². The molecule has 2 atom stereocenters. The number of aliphatic hydroxyl groups is 1. The molecule has 23 heavy (non-hydrogen) atoms. The maximum atomic E-state index is 12.6. The average Bonchev–Trinajstić information content (AvgIpc) is 2.99. The van der Waals surface area contributed by atoms with E-state index in [0.717, 1.165) is 50.2 Å². The van der Waals surface area contributed by atoms with E-state index in [1.165, 1.54) is 5.56 Å². The minimum Gasteiger partial charge on any atom is -0.396 e. The fourth-order valence-corrected chi connectivity index (χ4v) is 3.63. The molecule has 1 fully saturated rings. The highest BCUT2D eigenvalue weighted by atomic mass is 16.3. The Kier molecular flexibility index (Phi) is 5.11. The van der Waals surface area contributed by atoms with Crippen molar-refractivity contribution in [2.45, 2.75) is 58.0 Å². The molecule has 4 nitrogen and oxygen atoms in total. The molecule has 0 bridgehead atoms. The number of aliphatic imine (C=N–C) groups is 1. The van der Waals surface area contributed by atoms with Gasteiger partial charge in [0.05, 0.1) is 11.7 Å². The Morgan fingerprint density at radius 3 is 3.04 bits per heavy atom. The van der Waals surface area contributed by atoms with Gasteiger partial charge in [0, 0.05) is 26.0 Å². The van der Waals surface area contributed by atoms with Crippen molar-refractivity contribution in [3.8, 4) is 0 Å².